The van der Waals surface area contributed by atoms with Gasteiger partial charge in [-0.1, -0.05) is 25.0 Å². The summed E-state index contributed by atoms with van der Waals surface area (Å²) in [7, 11) is -4.59. The van der Waals surface area contributed by atoms with Crippen molar-refractivity contribution in [2.75, 3.05) is 31.1 Å². The number of para-hydroxylation sites is 1. The highest BCUT2D eigenvalue weighted by Gasteiger charge is 2.33. The van der Waals surface area contributed by atoms with E-state index < -0.39 is 15.6 Å². The van der Waals surface area contributed by atoms with E-state index in [0.717, 1.165) is 25.9 Å². The molecular weight excluding hydrogens is 346 g/mol. The molecule has 0 saturated carbocycles. The van der Waals surface area contributed by atoms with E-state index in [-0.39, 0.29) is 4.90 Å². The maximum absolute atomic E-state index is 13.0. The number of alkyl halides is 2. The predicted molar refractivity (Wildman–Crippen MR) is 94.9 cm³/mol. The van der Waals surface area contributed by atoms with Crippen LogP contribution in [0.4, 0.5) is 14.5 Å². The fourth-order valence-corrected chi connectivity index (χ4v) is 4.94. The summed E-state index contributed by atoms with van der Waals surface area (Å²) < 4.78 is 50.2. The number of sulfone groups is 1. The molecule has 2 saturated heterocycles. The van der Waals surface area contributed by atoms with Gasteiger partial charge in [-0.05, 0) is 50.9 Å². The summed E-state index contributed by atoms with van der Waals surface area (Å²) in [6, 6.07) is 6.55. The molecule has 1 unspecified atom stereocenters. The van der Waals surface area contributed by atoms with Crippen LogP contribution in [-0.4, -0.2) is 51.3 Å². The van der Waals surface area contributed by atoms with Crippen LogP contribution in [-0.2, 0) is 9.84 Å². The number of hydrogen-bond acceptors (Lipinski definition) is 4. The molecule has 0 spiro atoms. The Hall–Kier alpha value is -1.21. The Morgan fingerprint density at radius 1 is 0.960 bits per heavy atom. The van der Waals surface area contributed by atoms with E-state index in [1.807, 2.05) is 4.90 Å². The minimum atomic E-state index is -4.59. The number of benzene rings is 1. The van der Waals surface area contributed by atoms with Crippen molar-refractivity contribution in [3.8, 4) is 0 Å². The molecule has 1 atom stereocenters. The molecule has 0 bridgehead atoms. The van der Waals surface area contributed by atoms with Crippen molar-refractivity contribution in [2.45, 2.75) is 55.2 Å². The van der Waals surface area contributed by atoms with Gasteiger partial charge in [-0.15, -0.1) is 0 Å². The van der Waals surface area contributed by atoms with Crippen molar-refractivity contribution in [1.29, 1.82) is 0 Å². The molecule has 1 aromatic carbocycles. The van der Waals surface area contributed by atoms with Crippen LogP contribution in [0.5, 0.6) is 0 Å². The minimum absolute atomic E-state index is 0.249. The topological polar surface area (TPSA) is 40.6 Å². The molecule has 4 nitrogen and oxygen atoms in total. The molecule has 2 fully saturated rings. The van der Waals surface area contributed by atoms with Crippen LogP contribution < -0.4 is 4.90 Å². The lowest BCUT2D eigenvalue weighted by atomic mass is 10.0. The van der Waals surface area contributed by atoms with E-state index in [9.17, 15) is 17.2 Å². The zero-order valence-electron chi connectivity index (χ0n) is 14.4. The molecule has 0 aliphatic carbocycles. The van der Waals surface area contributed by atoms with Crippen molar-refractivity contribution in [2.24, 2.45) is 0 Å². The van der Waals surface area contributed by atoms with E-state index in [4.69, 9.17) is 0 Å². The molecule has 1 aromatic rings. The Morgan fingerprint density at radius 2 is 1.64 bits per heavy atom. The largest absolute Gasteiger partial charge is 0.369 e. The van der Waals surface area contributed by atoms with Gasteiger partial charge in [0.1, 0.15) is 0 Å². The summed E-state index contributed by atoms with van der Waals surface area (Å²) in [5.74, 6) is -3.39. The van der Waals surface area contributed by atoms with Gasteiger partial charge in [-0.25, -0.2) is 8.42 Å². The smallest absolute Gasteiger partial charge is 0.341 e. The first-order valence-corrected chi connectivity index (χ1v) is 10.6. The maximum Gasteiger partial charge on any atom is 0.341 e. The van der Waals surface area contributed by atoms with Gasteiger partial charge in [-0.2, -0.15) is 8.78 Å². The fraction of sp³-hybridized carbons (Fsp3) is 0.667. The lowest BCUT2D eigenvalue weighted by molar-refractivity contribution is 0.182. The Balaban J connectivity index is 1.82. The first-order valence-electron chi connectivity index (χ1n) is 9.10. The standard InChI is InChI=1S/C18H26F2N2O2S/c19-18(20)25(23,24)17-10-4-3-9-16(17)22-13-7-8-15(14-22)21-11-5-1-2-6-12-21/h3-4,9-10,15,18H,1-2,5-8,11-14H2. The number of anilines is 1. The van der Waals surface area contributed by atoms with E-state index in [1.54, 1.807) is 12.1 Å². The lowest BCUT2D eigenvalue weighted by Gasteiger charge is -2.40. The van der Waals surface area contributed by atoms with Crippen molar-refractivity contribution in [1.82, 2.24) is 4.90 Å². The Labute approximate surface area is 148 Å². The van der Waals surface area contributed by atoms with Crippen molar-refractivity contribution >= 4 is 15.5 Å². The van der Waals surface area contributed by atoms with Crippen LogP contribution in [0, 0.1) is 0 Å². The van der Waals surface area contributed by atoms with Crippen LogP contribution in [0.1, 0.15) is 38.5 Å². The van der Waals surface area contributed by atoms with Gasteiger partial charge < -0.3 is 4.90 Å². The monoisotopic (exact) mass is 372 g/mol. The van der Waals surface area contributed by atoms with E-state index in [0.29, 0.717) is 24.8 Å². The summed E-state index contributed by atoms with van der Waals surface area (Å²) in [5.41, 5.74) is 0.419. The molecule has 2 heterocycles. The zero-order chi connectivity index (χ0) is 17.9. The van der Waals surface area contributed by atoms with Gasteiger partial charge in [0.25, 0.3) is 0 Å². The molecule has 25 heavy (non-hydrogen) atoms. The summed E-state index contributed by atoms with van der Waals surface area (Å²) >= 11 is 0. The maximum atomic E-state index is 13.0. The van der Waals surface area contributed by atoms with Gasteiger partial charge in [0.05, 0.1) is 10.6 Å². The fourth-order valence-electron chi connectivity index (χ4n) is 3.99. The van der Waals surface area contributed by atoms with Crippen LogP contribution in [0.2, 0.25) is 0 Å². The zero-order valence-corrected chi connectivity index (χ0v) is 15.2. The van der Waals surface area contributed by atoms with Gasteiger partial charge in [-0.3, -0.25) is 4.90 Å². The number of nitrogens with zero attached hydrogens (tertiary/aromatic N) is 2. The SMILES string of the molecule is O=S(=O)(c1ccccc1N1CCCC(N2CCCCCC2)C1)C(F)F. The number of halogens is 2. The number of likely N-dealkylation sites (tertiary alicyclic amines) is 1. The van der Waals surface area contributed by atoms with Gasteiger partial charge in [0.2, 0.25) is 9.84 Å². The average molecular weight is 372 g/mol. The summed E-state index contributed by atoms with van der Waals surface area (Å²) in [6.07, 6.45) is 6.97. The quantitative estimate of drug-likeness (QED) is 0.811. The first kappa shape index (κ1) is 18.6. The highest BCUT2D eigenvalue weighted by Crippen LogP contribution is 2.32. The third-order valence-corrected chi connectivity index (χ3v) is 6.73. The molecule has 140 valence electrons. The molecular formula is C18H26F2N2O2S. The highest BCUT2D eigenvalue weighted by molar-refractivity contribution is 7.91. The first-order chi connectivity index (χ1) is 12.0. The third kappa shape index (κ3) is 4.14. The Morgan fingerprint density at radius 3 is 2.32 bits per heavy atom. The second-order valence-corrected chi connectivity index (χ2v) is 8.85. The third-order valence-electron chi connectivity index (χ3n) is 5.30. The second-order valence-electron chi connectivity index (χ2n) is 6.97. The molecule has 0 radical (unpaired) electrons. The molecule has 0 N–H and O–H groups in total. The van der Waals surface area contributed by atoms with Crippen LogP contribution in [0.3, 0.4) is 0 Å². The minimum Gasteiger partial charge on any atom is -0.369 e. The molecule has 2 aliphatic heterocycles. The molecule has 0 amide bonds. The molecule has 7 heteroatoms. The summed E-state index contributed by atoms with van der Waals surface area (Å²) in [6.45, 7) is 3.57. The second kappa shape index (κ2) is 7.99. The van der Waals surface area contributed by atoms with Gasteiger partial charge in [0, 0.05) is 19.1 Å². The van der Waals surface area contributed by atoms with Crippen molar-refractivity contribution in [3.63, 3.8) is 0 Å². The summed E-state index contributed by atoms with van der Waals surface area (Å²) in [4.78, 5) is 4.24. The number of hydrogen-bond donors (Lipinski definition) is 0. The van der Waals surface area contributed by atoms with E-state index in [1.165, 1.54) is 37.8 Å². The van der Waals surface area contributed by atoms with E-state index >= 15 is 0 Å². The normalized spacial score (nSPS) is 23.6. The van der Waals surface area contributed by atoms with Crippen molar-refractivity contribution in [3.05, 3.63) is 24.3 Å². The van der Waals surface area contributed by atoms with Crippen LogP contribution in [0.25, 0.3) is 0 Å². The molecule has 3 rings (SSSR count). The van der Waals surface area contributed by atoms with Crippen LogP contribution in [0.15, 0.2) is 29.2 Å². The Bertz CT molecular complexity index is 673. The Kier molecular flexibility index (Phi) is 5.94. The van der Waals surface area contributed by atoms with Crippen molar-refractivity contribution < 1.29 is 17.2 Å². The molecule has 0 aromatic heterocycles. The predicted octanol–water partition coefficient (Wildman–Crippen LogP) is 3.53. The number of rotatable bonds is 4. The number of piperidine rings is 1. The summed E-state index contributed by atoms with van der Waals surface area (Å²) in [5, 5.41) is 0. The van der Waals surface area contributed by atoms with Crippen LogP contribution >= 0.6 is 0 Å². The highest BCUT2D eigenvalue weighted by atomic mass is 32.2. The average Bonchev–Trinajstić information content (AvgIpc) is 2.91. The van der Waals surface area contributed by atoms with E-state index in [2.05, 4.69) is 4.90 Å². The molecule has 2 aliphatic rings. The van der Waals surface area contributed by atoms with Gasteiger partial charge in [0.15, 0.2) is 0 Å². The van der Waals surface area contributed by atoms with Gasteiger partial charge >= 0.3 is 5.76 Å². The lowest BCUT2D eigenvalue weighted by Crippen LogP contribution is -2.48.